The minimum atomic E-state index is -0.915. The number of hydrogen-bond donors (Lipinski definition) is 3. The average Bonchev–Trinajstić information content (AvgIpc) is 3.06. The number of nitrogens with one attached hydrogen (secondary N) is 3. The van der Waals surface area contributed by atoms with Crippen LogP contribution in [0.5, 0.6) is 5.75 Å². The Morgan fingerprint density at radius 1 is 0.927 bits per heavy atom. The maximum absolute atomic E-state index is 14.2. The van der Waals surface area contributed by atoms with E-state index in [4.69, 9.17) is 16.3 Å². The summed E-state index contributed by atoms with van der Waals surface area (Å²) < 4.78 is 5.35. The van der Waals surface area contributed by atoms with E-state index >= 15 is 0 Å². The van der Waals surface area contributed by atoms with Gasteiger partial charge in [0.15, 0.2) is 0 Å². The second kappa shape index (κ2) is 13.1. The van der Waals surface area contributed by atoms with E-state index in [-0.39, 0.29) is 23.7 Å². The highest BCUT2D eigenvalue weighted by Gasteiger charge is 2.40. The molecule has 0 aliphatic carbocycles. The van der Waals surface area contributed by atoms with Gasteiger partial charge in [-0.25, -0.2) is 9.80 Å². The fourth-order valence-corrected chi connectivity index (χ4v) is 5.25. The normalized spacial score (nSPS) is 19.2. The summed E-state index contributed by atoms with van der Waals surface area (Å²) in [4.78, 5) is 40.6. The Balaban J connectivity index is 1.70. The molecule has 0 aromatic heterocycles. The van der Waals surface area contributed by atoms with Crippen molar-refractivity contribution in [1.29, 1.82) is 0 Å². The van der Waals surface area contributed by atoms with Crippen molar-refractivity contribution in [2.45, 2.75) is 58.0 Å². The smallest absolute Gasteiger partial charge is 0.319 e. The third-order valence-corrected chi connectivity index (χ3v) is 7.25. The van der Waals surface area contributed by atoms with Crippen LogP contribution in [-0.4, -0.2) is 36.0 Å². The van der Waals surface area contributed by atoms with Gasteiger partial charge in [0.2, 0.25) is 5.91 Å². The summed E-state index contributed by atoms with van der Waals surface area (Å²) in [6.45, 7) is 5.89. The van der Waals surface area contributed by atoms with E-state index in [9.17, 15) is 14.4 Å². The number of hydrazine groups is 1. The Morgan fingerprint density at radius 3 is 2.24 bits per heavy atom. The molecule has 4 amide bonds. The molecule has 1 fully saturated rings. The molecular weight excluding hydrogens is 540 g/mol. The van der Waals surface area contributed by atoms with E-state index in [1.807, 2.05) is 63.2 Å². The summed E-state index contributed by atoms with van der Waals surface area (Å²) in [7, 11) is 1.52. The molecule has 0 saturated carbocycles. The number of carbonyl (C=O) groups is 3. The van der Waals surface area contributed by atoms with Crippen LogP contribution in [0.3, 0.4) is 0 Å². The standard InChI is InChI=1S/C32H37ClN4O4/c1-32(2,3)20-29(38)36-37-27(22-14-16-24(33)17-15-22)19-23(21-10-6-5-7-11-21)18-26(30(37)39)35-31(40)34-25-12-8-9-13-28(25)41-4/h5-17,23,26-27H,18-20H2,1-4H3,(H,36,38)(H2,34,35,40). The van der Waals surface area contributed by atoms with Crippen LogP contribution in [0, 0.1) is 5.41 Å². The molecule has 41 heavy (non-hydrogen) atoms. The Bertz CT molecular complexity index is 1360. The van der Waals surface area contributed by atoms with Gasteiger partial charge < -0.3 is 15.4 Å². The van der Waals surface area contributed by atoms with Crippen LogP contribution in [0.1, 0.15) is 63.1 Å². The van der Waals surface area contributed by atoms with Gasteiger partial charge in [-0.2, -0.15) is 0 Å². The molecule has 1 heterocycles. The quantitative estimate of drug-likeness (QED) is 0.301. The number of methoxy groups -OCH3 is 1. The van der Waals surface area contributed by atoms with Crippen LogP contribution >= 0.6 is 11.6 Å². The molecule has 0 radical (unpaired) electrons. The van der Waals surface area contributed by atoms with Gasteiger partial charge in [-0.05, 0) is 59.6 Å². The zero-order valence-electron chi connectivity index (χ0n) is 23.8. The summed E-state index contributed by atoms with van der Waals surface area (Å²) in [6, 6.07) is 22.3. The minimum absolute atomic E-state index is 0.0955. The summed E-state index contributed by atoms with van der Waals surface area (Å²) in [5.41, 5.74) is 4.96. The molecule has 0 spiro atoms. The number of nitrogens with zero attached hydrogens (tertiary/aromatic N) is 1. The molecule has 3 N–H and O–H groups in total. The van der Waals surface area contributed by atoms with Gasteiger partial charge in [0.25, 0.3) is 5.91 Å². The Labute approximate surface area is 246 Å². The van der Waals surface area contributed by atoms with E-state index in [0.717, 1.165) is 11.1 Å². The van der Waals surface area contributed by atoms with Crippen molar-refractivity contribution in [3.05, 3.63) is 95.0 Å². The summed E-state index contributed by atoms with van der Waals surface area (Å²) in [6.07, 6.45) is 1.09. The summed E-state index contributed by atoms with van der Waals surface area (Å²) in [5.74, 6) is -0.279. The molecule has 3 aromatic rings. The van der Waals surface area contributed by atoms with Gasteiger partial charge in [0.05, 0.1) is 18.8 Å². The van der Waals surface area contributed by atoms with Crippen molar-refractivity contribution in [3.63, 3.8) is 0 Å². The van der Waals surface area contributed by atoms with Crippen LogP contribution in [0.2, 0.25) is 5.02 Å². The zero-order chi connectivity index (χ0) is 29.6. The lowest BCUT2D eigenvalue weighted by molar-refractivity contribution is -0.146. The summed E-state index contributed by atoms with van der Waals surface area (Å²) in [5, 5.41) is 7.63. The molecule has 3 aromatic carbocycles. The molecule has 3 atom stereocenters. The number of hydrogen-bond acceptors (Lipinski definition) is 4. The number of carbonyl (C=O) groups excluding carboxylic acids is 3. The van der Waals surface area contributed by atoms with E-state index in [2.05, 4.69) is 16.1 Å². The minimum Gasteiger partial charge on any atom is -0.495 e. The van der Waals surface area contributed by atoms with Crippen molar-refractivity contribution in [3.8, 4) is 5.75 Å². The maximum Gasteiger partial charge on any atom is 0.319 e. The summed E-state index contributed by atoms with van der Waals surface area (Å²) >= 11 is 6.18. The molecule has 216 valence electrons. The first-order valence-electron chi connectivity index (χ1n) is 13.7. The monoisotopic (exact) mass is 576 g/mol. The van der Waals surface area contributed by atoms with Crippen molar-refractivity contribution in [1.82, 2.24) is 15.8 Å². The Hall–Kier alpha value is -4.04. The molecule has 1 aliphatic heterocycles. The first-order valence-corrected chi connectivity index (χ1v) is 14.1. The lowest BCUT2D eigenvalue weighted by Crippen LogP contribution is -2.55. The lowest BCUT2D eigenvalue weighted by Gasteiger charge is -2.33. The third-order valence-electron chi connectivity index (χ3n) is 7.00. The van der Waals surface area contributed by atoms with Crippen LogP contribution < -0.4 is 20.8 Å². The number of ether oxygens (including phenoxy) is 1. The fraction of sp³-hybridized carbons (Fsp3) is 0.344. The molecule has 8 nitrogen and oxygen atoms in total. The average molecular weight is 577 g/mol. The largest absolute Gasteiger partial charge is 0.495 e. The van der Waals surface area contributed by atoms with Crippen molar-refractivity contribution >= 4 is 35.1 Å². The van der Waals surface area contributed by atoms with Gasteiger partial charge in [0, 0.05) is 11.4 Å². The zero-order valence-corrected chi connectivity index (χ0v) is 24.6. The number of anilines is 1. The van der Waals surface area contributed by atoms with Gasteiger partial charge in [-0.3, -0.25) is 15.0 Å². The second-order valence-electron chi connectivity index (χ2n) is 11.5. The van der Waals surface area contributed by atoms with Gasteiger partial charge in [0.1, 0.15) is 11.8 Å². The molecule has 9 heteroatoms. The first-order chi connectivity index (χ1) is 19.5. The predicted octanol–water partition coefficient (Wildman–Crippen LogP) is 6.45. The van der Waals surface area contributed by atoms with E-state index in [0.29, 0.717) is 29.3 Å². The number of halogens is 1. The highest BCUT2D eigenvalue weighted by molar-refractivity contribution is 6.30. The molecular formula is C32H37ClN4O4. The van der Waals surface area contributed by atoms with Crippen LogP contribution in [0.4, 0.5) is 10.5 Å². The van der Waals surface area contributed by atoms with Gasteiger partial charge >= 0.3 is 6.03 Å². The van der Waals surface area contributed by atoms with Gasteiger partial charge in [-0.1, -0.05) is 87.0 Å². The molecule has 1 aliphatic rings. The number of amides is 4. The predicted molar refractivity (Wildman–Crippen MR) is 161 cm³/mol. The van der Waals surface area contributed by atoms with E-state index < -0.39 is 24.0 Å². The Morgan fingerprint density at radius 2 is 1.59 bits per heavy atom. The highest BCUT2D eigenvalue weighted by atomic mass is 35.5. The van der Waals surface area contributed by atoms with Crippen molar-refractivity contribution < 1.29 is 19.1 Å². The fourth-order valence-electron chi connectivity index (χ4n) is 5.12. The second-order valence-corrected chi connectivity index (χ2v) is 11.9. The molecule has 1 saturated heterocycles. The molecule has 4 rings (SSSR count). The molecule has 3 unspecified atom stereocenters. The van der Waals surface area contributed by atoms with Crippen molar-refractivity contribution in [2.75, 3.05) is 12.4 Å². The van der Waals surface area contributed by atoms with E-state index in [1.165, 1.54) is 12.1 Å². The number of rotatable bonds is 7. The lowest BCUT2D eigenvalue weighted by atomic mass is 9.86. The molecule has 0 bridgehead atoms. The van der Waals surface area contributed by atoms with Crippen molar-refractivity contribution in [2.24, 2.45) is 5.41 Å². The maximum atomic E-state index is 14.2. The number of urea groups is 1. The number of para-hydroxylation sites is 2. The van der Waals surface area contributed by atoms with Crippen LogP contribution in [0.15, 0.2) is 78.9 Å². The number of benzene rings is 3. The Kier molecular flexibility index (Phi) is 9.55. The third kappa shape index (κ3) is 8.01. The SMILES string of the molecule is COc1ccccc1NC(=O)NC1CC(c2ccccc2)CC(c2ccc(Cl)cc2)N(NC(=O)CC(C)(C)C)C1=O. The van der Waals surface area contributed by atoms with Gasteiger partial charge in [-0.15, -0.1) is 0 Å². The van der Waals surface area contributed by atoms with Crippen LogP contribution in [0.25, 0.3) is 0 Å². The van der Waals surface area contributed by atoms with E-state index in [1.54, 1.807) is 36.4 Å². The van der Waals surface area contributed by atoms with Crippen LogP contribution in [-0.2, 0) is 9.59 Å². The highest BCUT2D eigenvalue weighted by Crippen LogP contribution is 2.39. The first kappa shape index (κ1) is 29.9. The topological polar surface area (TPSA) is 99.8 Å².